The average Bonchev–Trinajstić information content (AvgIpc) is 0.971. The number of carbonyl (C=O) groups is 1. The Kier molecular flexibility index (Phi) is 54.6. The van der Waals surface area contributed by atoms with Crippen molar-refractivity contribution in [3.8, 4) is 63.6 Å². The molecule has 6 aliphatic carbocycles. The van der Waals surface area contributed by atoms with Crippen molar-refractivity contribution in [2.24, 2.45) is 23.5 Å². The van der Waals surface area contributed by atoms with Gasteiger partial charge in [0.1, 0.15) is 63.3 Å². The number of nitrogens with two attached hydrogens (primary N) is 1. The predicted molar refractivity (Wildman–Crippen MR) is 460 cm³/mol. The molecule has 0 heterocycles. The molecule has 0 aliphatic heterocycles. The van der Waals surface area contributed by atoms with Crippen molar-refractivity contribution in [1.29, 1.82) is 5.26 Å². The van der Waals surface area contributed by atoms with E-state index in [0.29, 0.717) is 53.6 Å². The molecule has 0 amide bonds. The molecule has 16 nitrogen and oxygen atoms in total. The molecule has 0 atom stereocenters. The van der Waals surface area contributed by atoms with Crippen LogP contribution in [-0.2, 0) is 79.8 Å². The van der Waals surface area contributed by atoms with E-state index >= 15 is 0 Å². The number of hydrogen-bond acceptors (Lipinski definition) is 16. The maximum Gasteiger partial charge on any atom is 0.132 e. The number of rotatable bonds is 14. The van der Waals surface area contributed by atoms with E-state index in [4.69, 9.17) is 11.0 Å². The van der Waals surface area contributed by atoms with Crippen LogP contribution in [0.1, 0.15) is 283 Å². The standard InChI is InChI=1S/C16H25NO2.C14H21NO2.C14H15NO2.C14H17O3.C14H15O3.C14H18O.4CH4.2HI.2Y/c1-17(2)10-9-12-3-5-13(6-4-12)15-8-7-14(18)11-16(15)19;4*15-8-7-10-1-3-11(4-2-10)13-6-5-12(16)9-14(13)17;1-10-3-8-14(11(2)9-10)12-4-6-13(15)7-5-12;;;;;;;;/h7-8,11-13,18-19H,3-6,9-10H2,1-2H3;5-6,9-11,16-17H,1-4,7-8,15H2;5-7,9,11,16-17H,1-4H2;5-6,9-11,16-17H,1-4,7H2;5-7,9,11,16-17H,1-4H2;3,8-9,12H,4-7H2,1-2H3;4*1H4;2*1H;;/q;;;2*-1;;;;;;;;;. The van der Waals surface area contributed by atoms with Gasteiger partial charge in [0, 0.05) is 115 Å². The minimum Gasteiger partial charge on any atom is -0.542 e. The van der Waals surface area contributed by atoms with Crippen molar-refractivity contribution in [2.45, 2.75) is 252 Å². The number of phenolic OH excluding ortho intramolecular Hbond substituents is 10. The van der Waals surface area contributed by atoms with Gasteiger partial charge in [0.25, 0.3) is 0 Å². The number of nitrogens with zero attached hydrogens (tertiary/aromatic N) is 2. The summed E-state index contributed by atoms with van der Waals surface area (Å²) in [5, 5.41) is 104. The number of halogens is 2. The molecule has 0 spiro atoms. The van der Waals surface area contributed by atoms with E-state index in [1.807, 2.05) is 24.7 Å². The van der Waals surface area contributed by atoms with E-state index in [1.165, 1.54) is 97.3 Å². The van der Waals surface area contributed by atoms with Crippen LogP contribution < -0.4 is 5.73 Å². The largest absolute Gasteiger partial charge is 0.542 e. The Hall–Kier alpha value is -5.11. The van der Waals surface area contributed by atoms with E-state index in [1.54, 1.807) is 54.6 Å². The first-order valence-electron chi connectivity index (χ1n) is 37.1. The molecule has 6 saturated carbocycles. The topological polar surface area (TPSA) is 307 Å². The Balaban J connectivity index is 0. The second-order valence-corrected chi connectivity index (χ2v) is 29.5. The maximum absolute atomic E-state index is 11.2. The summed E-state index contributed by atoms with van der Waals surface area (Å²) in [5.74, 6) is 6.48. The molecule has 2 radical (unpaired) electrons. The number of Topliss-reactive ketones (excluding diaryl/α,β-unsaturated/α-hetero) is 1. The number of hydrogen-bond donors (Lipinski definition) is 11. The normalized spacial score (nSPS) is 20.3. The van der Waals surface area contributed by atoms with Crippen LogP contribution in [0.15, 0.2) is 132 Å². The van der Waals surface area contributed by atoms with Gasteiger partial charge in [-0.1, -0.05) is 134 Å². The summed E-state index contributed by atoms with van der Waals surface area (Å²) < 4.78 is 0. The fourth-order valence-corrected chi connectivity index (χ4v) is 16.0. The quantitative estimate of drug-likeness (QED) is 0.0209. The van der Waals surface area contributed by atoms with Crippen LogP contribution in [0.3, 0.4) is 0 Å². The van der Waals surface area contributed by atoms with Crippen molar-refractivity contribution < 1.29 is 131 Å². The van der Waals surface area contributed by atoms with Gasteiger partial charge < -0.3 is 71.3 Å². The smallest absolute Gasteiger partial charge is 0.132 e. The zero-order chi connectivity index (χ0) is 73.7. The molecule has 20 heteroatoms. The van der Waals surface area contributed by atoms with Crippen LogP contribution in [-0.4, -0.2) is 102 Å². The third-order valence-electron chi connectivity index (χ3n) is 21.9. The maximum atomic E-state index is 11.2. The summed E-state index contributed by atoms with van der Waals surface area (Å²) in [6, 6.07) is 33.0. The Morgan fingerprint density at radius 2 is 0.727 bits per heavy atom. The van der Waals surface area contributed by atoms with Gasteiger partial charge >= 0.3 is 0 Å². The molecule has 0 unspecified atom stereocenters. The van der Waals surface area contributed by atoms with Gasteiger partial charge in [-0.2, -0.15) is 11.3 Å². The van der Waals surface area contributed by atoms with Crippen molar-refractivity contribution in [3.05, 3.63) is 177 Å². The van der Waals surface area contributed by atoms with Gasteiger partial charge in [-0.3, -0.25) is 11.1 Å². The minimum atomic E-state index is 0. The molecule has 6 aromatic rings. The predicted octanol–water partition coefficient (Wildman–Crippen LogP) is 22.2. The monoisotopic (exact) mass is 1890 g/mol. The third kappa shape index (κ3) is 35.3. The molecule has 6 fully saturated rings. The van der Waals surface area contributed by atoms with Crippen LogP contribution in [0.25, 0.3) is 0 Å². The summed E-state index contributed by atoms with van der Waals surface area (Å²) in [4.78, 5) is 34.0. The number of aromatic hydroxyl groups is 10. The molecule has 12 rings (SSSR count). The first-order chi connectivity index (χ1) is 49.0. The molecule has 0 saturated heterocycles. The Bertz CT molecular complexity index is 3740. The number of carbonyl (C=O) groups excluding carboxylic acids is 3. The van der Waals surface area contributed by atoms with Crippen molar-refractivity contribution in [3.63, 3.8) is 0 Å². The number of ketones is 1. The fourth-order valence-electron chi connectivity index (χ4n) is 16.0. The first-order valence-corrected chi connectivity index (χ1v) is 37.1. The van der Waals surface area contributed by atoms with Crippen LogP contribution >= 0.6 is 48.0 Å². The van der Waals surface area contributed by atoms with Gasteiger partial charge in [-0.15, -0.1) is 54.4 Å². The number of benzene rings is 6. The molecular weight excluding hydrogens is 1760 g/mol. The summed E-state index contributed by atoms with van der Waals surface area (Å²) in [6.07, 6.45) is 34.3. The van der Waals surface area contributed by atoms with Crippen LogP contribution in [0, 0.1) is 42.9 Å². The van der Waals surface area contributed by atoms with E-state index < -0.39 is 0 Å². The second kappa shape index (κ2) is 56.2. The van der Waals surface area contributed by atoms with Crippen LogP contribution in [0.4, 0.5) is 0 Å². The van der Waals surface area contributed by atoms with E-state index in [2.05, 4.69) is 57.1 Å². The van der Waals surface area contributed by atoms with Crippen LogP contribution in [0.5, 0.6) is 57.5 Å². The van der Waals surface area contributed by atoms with Crippen LogP contribution in [0.2, 0.25) is 0 Å². The van der Waals surface area contributed by atoms with Gasteiger partial charge in [0.05, 0.1) is 6.07 Å². The number of nitriles is 1. The zero-order valence-electron chi connectivity index (χ0n) is 62.4. The Morgan fingerprint density at radius 3 is 1.03 bits per heavy atom. The summed E-state index contributed by atoms with van der Waals surface area (Å²) in [7, 11) is 4.25. The molecule has 6 aliphatic rings. The molecule has 12 N–H and O–H groups in total. The minimum absolute atomic E-state index is 0. The van der Waals surface area contributed by atoms with E-state index in [-0.39, 0.29) is 201 Å². The summed E-state index contributed by atoms with van der Waals surface area (Å²) in [6.45, 7) is 6.25. The molecule has 0 bridgehead atoms. The molecule has 0 aromatic heterocycles. The van der Waals surface area contributed by atoms with Gasteiger partial charge in [0.2, 0.25) is 0 Å². The number of allylic oxidation sites excluding steroid dienone is 4. The Morgan fingerprint density at radius 1 is 0.427 bits per heavy atom. The van der Waals surface area contributed by atoms with Gasteiger partial charge in [-0.05, 0) is 280 Å². The van der Waals surface area contributed by atoms with E-state index in [0.717, 1.165) is 187 Å². The molecule has 6 aromatic carbocycles. The summed E-state index contributed by atoms with van der Waals surface area (Å²) >= 11 is 0. The van der Waals surface area contributed by atoms with Gasteiger partial charge in [-0.25, -0.2) is 5.57 Å². The SMILES string of the molecule is C.C.C.C.CN(C)CCC1CCC(c2ccc(O)cc2O)CC1.Cc1ccc(C2CCC(=O)CC2)c(C)c1.I.I.N#CC=C1CCC(c2ccc(O)cc2O)CC1.NCCC1CCC(c2ccc(O)cc2O)CC1.O=[C-]C=C1CCC(c2ccc(O)cc2O)CC1.O=[C-]CC1CCC(c2ccc(O)cc2O)CC1.[Y].[Y]. The first kappa shape index (κ1) is 107. The summed E-state index contributed by atoms with van der Waals surface area (Å²) in [5.41, 5.74) is 16.8. The average molecular weight is 1890 g/mol. The van der Waals surface area contributed by atoms with E-state index in [9.17, 15) is 65.4 Å². The molecule has 110 heavy (non-hydrogen) atoms. The molecular formula is C90H129I2N3O13Y2-2. The fraction of sp³-hybridized carbons (Fsp3) is 0.511. The number of aryl methyl sites for hydroxylation is 2. The zero-order valence-corrected chi connectivity index (χ0v) is 72.7. The van der Waals surface area contributed by atoms with Crippen molar-refractivity contribution >= 4 is 66.3 Å². The third-order valence-corrected chi connectivity index (χ3v) is 21.9. The second-order valence-electron chi connectivity index (χ2n) is 29.5. The molecule has 604 valence electrons. The van der Waals surface area contributed by atoms with Gasteiger partial charge in [0.15, 0.2) is 0 Å². The Labute approximate surface area is 743 Å². The van der Waals surface area contributed by atoms with Crippen molar-refractivity contribution in [2.75, 3.05) is 27.2 Å². The number of phenols is 10. The van der Waals surface area contributed by atoms with Crippen molar-refractivity contribution in [1.82, 2.24) is 4.90 Å².